The first kappa shape index (κ1) is 18.3. The minimum Gasteiger partial charge on any atom is -0.379 e. The number of nitrogens with zero attached hydrogens (tertiary/aromatic N) is 2. The van der Waals surface area contributed by atoms with Crippen molar-refractivity contribution in [2.75, 3.05) is 26.4 Å². The van der Waals surface area contributed by atoms with Crippen molar-refractivity contribution in [1.29, 1.82) is 0 Å². The van der Waals surface area contributed by atoms with Crippen LogP contribution in [0.4, 0.5) is 4.79 Å². The number of amides is 3. The number of urea groups is 1. The number of carbonyl (C=O) groups excluding carboxylic acids is 2. The first-order chi connectivity index (χ1) is 11.7. The molecule has 0 saturated carbocycles. The molecule has 3 amide bonds. The van der Waals surface area contributed by atoms with Crippen molar-refractivity contribution in [3.05, 3.63) is 0 Å². The zero-order valence-electron chi connectivity index (χ0n) is 13.3. The van der Waals surface area contributed by atoms with Gasteiger partial charge < -0.3 is 15.4 Å². The topological polar surface area (TPSA) is 161 Å². The third-order valence-corrected chi connectivity index (χ3v) is 4.82. The highest BCUT2D eigenvalue weighted by Crippen LogP contribution is 2.30. The molecular weight excluding hydrogens is 360 g/mol. The van der Waals surface area contributed by atoms with Gasteiger partial charge in [-0.15, -0.1) is 4.28 Å². The zero-order chi connectivity index (χ0) is 18.2. The van der Waals surface area contributed by atoms with Crippen LogP contribution in [-0.4, -0.2) is 78.9 Å². The Balaban J connectivity index is 1.55. The Morgan fingerprint density at radius 1 is 1.48 bits per heavy atom. The molecule has 0 radical (unpaired) electrons. The number of hydrogen-bond acceptors (Lipinski definition) is 8. The fraction of sp³-hybridized carbons (Fsp3) is 0.833. The molecule has 3 heterocycles. The molecule has 13 heteroatoms. The van der Waals surface area contributed by atoms with Crippen molar-refractivity contribution in [3.8, 4) is 0 Å². The normalized spacial score (nSPS) is 32.3. The molecule has 142 valence electrons. The third-order valence-electron chi connectivity index (χ3n) is 4.47. The Labute approximate surface area is 144 Å². The van der Waals surface area contributed by atoms with Gasteiger partial charge >= 0.3 is 16.4 Å². The van der Waals surface area contributed by atoms with Gasteiger partial charge in [-0.05, 0) is 19.3 Å². The van der Waals surface area contributed by atoms with Gasteiger partial charge in [0.05, 0.1) is 24.8 Å². The van der Waals surface area contributed by atoms with Gasteiger partial charge in [0.2, 0.25) is 0 Å². The quantitative estimate of drug-likeness (QED) is 0.355. The summed E-state index contributed by atoms with van der Waals surface area (Å²) in [6.45, 7) is 1.05. The summed E-state index contributed by atoms with van der Waals surface area (Å²) in [6, 6.07) is -2.19. The fourth-order valence-corrected chi connectivity index (χ4v) is 3.55. The number of nitrogens with two attached hydrogens (primary N) is 1. The third kappa shape index (κ3) is 4.02. The van der Waals surface area contributed by atoms with E-state index in [1.165, 1.54) is 4.90 Å². The number of rotatable bonds is 6. The van der Waals surface area contributed by atoms with E-state index in [0.717, 1.165) is 0 Å². The van der Waals surface area contributed by atoms with Crippen LogP contribution in [0.25, 0.3) is 0 Å². The lowest BCUT2D eigenvalue weighted by atomic mass is 10.0. The Bertz CT molecular complexity index is 650. The molecule has 0 aromatic carbocycles. The van der Waals surface area contributed by atoms with Gasteiger partial charge in [-0.3, -0.25) is 14.2 Å². The van der Waals surface area contributed by atoms with Crippen LogP contribution < -0.4 is 11.2 Å². The molecule has 0 aliphatic carbocycles. The zero-order valence-corrected chi connectivity index (χ0v) is 14.1. The van der Waals surface area contributed by atoms with Gasteiger partial charge in [-0.25, -0.2) is 10.3 Å². The molecule has 3 saturated heterocycles. The first-order valence-corrected chi connectivity index (χ1v) is 9.10. The first-order valence-electron chi connectivity index (χ1n) is 7.74. The van der Waals surface area contributed by atoms with Crippen molar-refractivity contribution in [2.45, 2.75) is 36.9 Å². The van der Waals surface area contributed by atoms with Crippen molar-refractivity contribution in [3.63, 3.8) is 0 Å². The SMILES string of the molecule is NC1(CONC(=O)[C@@H]2CC[C@@H]3CN2C(=O)N3OS(=O)(=O)O)CCOC1. The second kappa shape index (κ2) is 6.66. The van der Waals surface area contributed by atoms with Gasteiger partial charge in [0.15, 0.2) is 0 Å². The molecule has 0 spiro atoms. The lowest BCUT2D eigenvalue weighted by Crippen LogP contribution is -2.52. The molecule has 3 aliphatic heterocycles. The van der Waals surface area contributed by atoms with E-state index in [9.17, 15) is 18.0 Å². The lowest BCUT2D eigenvalue weighted by Gasteiger charge is -2.29. The Morgan fingerprint density at radius 2 is 2.24 bits per heavy atom. The van der Waals surface area contributed by atoms with E-state index in [0.29, 0.717) is 37.5 Å². The summed E-state index contributed by atoms with van der Waals surface area (Å²) in [5.41, 5.74) is 7.63. The van der Waals surface area contributed by atoms with Gasteiger partial charge in [-0.2, -0.15) is 13.5 Å². The van der Waals surface area contributed by atoms with Crippen LogP contribution in [0.5, 0.6) is 0 Å². The van der Waals surface area contributed by atoms with Crippen LogP contribution in [0.2, 0.25) is 0 Å². The fourth-order valence-electron chi connectivity index (χ4n) is 3.16. The van der Waals surface area contributed by atoms with E-state index in [2.05, 4.69) is 9.76 Å². The predicted octanol–water partition coefficient (Wildman–Crippen LogP) is -1.84. The highest BCUT2D eigenvalue weighted by Gasteiger charge is 2.49. The summed E-state index contributed by atoms with van der Waals surface area (Å²) in [7, 11) is -4.82. The molecule has 4 N–H and O–H groups in total. The maximum Gasteiger partial charge on any atom is 0.418 e. The smallest absolute Gasteiger partial charge is 0.379 e. The van der Waals surface area contributed by atoms with Crippen molar-refractivity contribution in [1.82, 2.24) is 15.4 Å². The molecule has 3 aliphatic rings. The van der Waals surface area contributed by atoms with Crippen LogP contribution in [0, 0.1) is 0 Å². The molecule has 1 unspecified atom stereocenters. The van der Waals surface area contributed by atoms with Gasteiger partial charge in [0.25, 0.3) is 5.91 Å². The second-order valence-electron chi connectivity index (χ2n) is 6.43. The molecule has 3 atom stereocenters. The highest BCUT2D eigenvalue weighted by atomic mass is 32.3. The number of hydrogen-bond donors (Lipinski definition) is 3. The summed E-state index contributed by atoms with van der Waals surface area (Å²) in [5.74, 6) is -0.539. The monoisotopic (exact) mass is 380 g/mol. The molecule has 25 heavy (non-hydrogen) atoms. The minimum atomic E-state index is -4.82. The molecule has 12 nitrogen and oxygen atoms in total. The summed E-state index contributed by atoms with van der Waals surface area (Å²) in [4.78, 5) is 30.8. The molecule has 3 fully saturated rings. The van der Waals surface area contributed by atoms with Gasteiger partial charge in [-0.1, -0.05) is 0 Å². The average molecular weight is 380 g/mol. The number of ether oxygens (including phenoxy) is 1. The average Bonchev–Trinajstić information content (AvgIpc) is 3.05. The lowest BCUT2D eigenvalue weighted by molar-refractivity contribution is -0.140. The number of fused-ring (bicyclic) bond motifs is 2. The molecule has 2 bridgehead atoms. The molecule has 0 aromatic rings. The summed E-state index contributed by atoms with van der Waals surface area (Å²) < 4.78 is 39.9. The van der Waals surface area contributed by atoms with Crippen molar-refractivity contribution < 1.29 is 36.4 Å². The van der Waals surface area contributed by atoms with Crippen LogP contribution in [0.1, 0.15) is 19.3 Å². The largest absolute Gasteiger partial charge is 0.418 e. The number of nitrogens with one attached hydrogen (secondary N) is 1. The molecule has 3 rings (SSSR count). The van der Waals surface area contributed by atoms with Crippen LogP contribution in [0.15, 0.2) is 0 Å². The van der Waals surface area contributed by atoms with Crippen LogP contribution in [-0.2, 0) is 29.1 Å². The van der Waals surface area contributed by atoms with E-state index in [4.69, 9.17) is 19.9 Å². The van der Waals surface area contributed by atoms with E-state index in [1.54, 1.807) is 0 Å². The van der Waals surface area contributed by atoms with Crippen LogP contribution >= 0.6 is 0 Å². The molecular formula is C12H20N4O8S. The maximum atomic E-state index is 12.3. The van der Waals surface area contributed by atoms with E-state index in [1.807, 2.05) is 0 Å². The summed E-state index contributed by atoms with van der Waals surface area (Å²) in [6.07, 6.45) is 1.25. The Kier molecular flexibility index (Phi) is 4.87. The second-order valence-corrected chi connectivity index (χ2v) is 7.43. The van der Waals surface area contributed by atoms with Crippen molar-refractivity contribution in [2.24, 2.45) is 5.73 Å². The van der Waals surface area contributed by atoms with Crippen LogP contribution in [0.3, 0.4) is 0 Å². The Morgan fingerprint density at radius 3 is 2.88 bits per heavy atom. The summed E-state index contributed by atoms with van der Waals surface area (Å²) >= 11 is 0. The van der Waals surface area contributed by atoms with Crippen molar-refractivity contribution >= 4 is 22.3 Å². The number of carbonyl (C=O) groups is 2. The highest BCUT2D eigenvalue weighted by molar-refractivity contribution is 7.80. The van der Waals surface area contributed by atoms with Gasteiger partial charge in [0, 0.05) is 13.2 Å². The number of piperidine rings is 1. The summed E-state index contributed by atoms with van der Waals surface area (Å²) in [5, 5.41) is 0.578. The maximum absolute atomic E-state index is 12.3. The molecule has 0 aromatic heterocycles. The predicted molar refractivity (Wildman–Crippen MR) is 79.8 cm³/mol. The van der Waals surface area contributed by atoms with E-state index in [-0.39, 0.29) is 13.2 Å². The number of hydroxylamine groups is 3. The standard InChI is InChI=1S/C12H20N4O8S/c13-12(3-4-22-6-12)7-23-14-10(17)9-2-1-8-5-15(9)11(18)16(8)24-25(19,20)21/h8-9H,1-7,13H2,(H,14,17)(H,19,20,21)/t8-,9+,12?/m1/s1. The van der Waals surface area contributed by atoms with E-state index < -0.39 is 40.0 Å². The van der Waals surface area contributed by atoms with Gasteiger partial charge in [0.1, 0.15) is 6.04 Å². The Hall–Kier alpha value is -1.51. The van der Waals surface area contributed by atoms with E-state index >= 15 is 0 Å². The minimum absolute atomic E-state index is 0.0695.